The summed E-state index contributed by atoms with van der Waals surface area (Å²) < 4.78 is 215. The molecule has 0 bridgehead atoms. The molecule has 0 heterocycles. The summed E-state index contributed by atoms with van der Waals surface area (Å²) in [4.78, 5) is 11.8. The molecule has 1 aliphatic carbocycles. The molecule has 1 aromatic rings. The van der Waals surface area contributed by atoms with Gasteiger partial charge < -0.3 is 5.11 Å². The van der Waals surface area contributed by atoms with Gasteiger partial charge in [-0.2, -0.15) is 48.3 Å². The number of aliphatic hydroxyl groups excluding tert-OH is 1. The van der Waals surface area contributed by atoms with Crippen molar-refractivity contribution in [3.63, 3.8) is 0 Å². The van der Waals surface area contributed by atoms with Crippen LogP contribution in [0, 0.1) is 34.5 Å². The second-order valence-corrected chi connectivity index (χ2v) is 6.38. The maximum atomic E-state index is 13.9. The van der Waals surface area contributed by atoms with Crippen LogP contribution >= 0.6 is 0 Å². The summed E-state index contributed by atoms with van der Waals surface area (Å²) in [5.74, 6) is -52.8. The lowest BCUT2D eigenvalue weighted by Crippen LogP contribution is -2.64. The highest BCUT2D eigenvalue weighted by Gasteiger charge is 3.06. The Morgan fingerprint density at radius 3 is 1.24 bits per heavy atom. The lowest BCUT2D eigenvalue weighted by molar-refractivity contribution is -0.341. The molecular formula is C15H2F16O2. The van der Waals surface area contributed by atoms with Crippen LogP contribution in [0.15, 0.2) is 6.08 Å². The third kappa shape index (κ3) is 2.74. The van der Waals surface area contributed by atoms with Crippen molar-refractivity contribution in [3.05, 3.63) is 40.7 Å². The van der Waals surface area contributed by atoms with E-state index in [0.717, 1.165) is 0 Å². The van der Waals surface area contributed by atoms with Crippen molar-refractivity contribution in [2.24, 2.45) is 5.41 Å². The number of rotatable bonds is 3. The number of hydrogen-bond acceptors (Lipinski definition) is 2. The van der Waals surface area contributed by atoms with Gasteiger partial charge in [0.1, 0.15) is 5.76 Å². The highest BCUT2D eigenvalue weighted by molar-refractivity contribution is 6.02. The third-order valence-corrected chi connectivity index (χ3v) is 4.65. The number of aliphatic hydroxyl groups is 1. The van der Waals surface area contributed by atoms with Crippen LogP contribution in [0.3, 0.4) is 0 Å². The van der Waals surface area contributed by atoms with E-state index in [0.29, 0.717) is 0 Å². The Morgan fingerprint density at radius 2 is 0.939 bits per heavy atom. The Kier molecular flexibility index (Phi) is 5.56. The molecule has 0 radical (unpaired) electrons. The second-order valence-electron chi connectivity index (χ2n) is 6.38. The lowest BCUT2D eigenvalue weighted by atomic mass is 9.74. The summed E-state index contributed by atoms with van der Waals surface area (Å²) in [6.07, 6.45) is -9.39. The van der Waals surface area contributed by atoms with Crippen LogP contribution in [0.5, 0.6) is 0 Å². The third-order valence-electron chi connectivity index (χ3n) is 4.65. The number of alkyl halides is 11. The fourth-order valence-corrected chi connectivity index (χ4v) is 3.00. The van der Waals surface area contributed by atoms with Gasteiger partial charge in [-0.1, -0.05) is 0 Å². The van der Waals surface area contributed by atoms with Crippen LogP contribution in [0.2, 0.25) is 0 Å². The molecule has 0 aromatic heterocycles. The number of carbonyl (C=O) groups is 1. The second kappa shape index (κ2) is 6.91. The van der Waals surface area contributed by atoms with Crippen LogP contribution in [-0.2, 0) is 4.79 Å². The lowest BCUT2D eigenvalue weighted by Gasteiger charge is -2.37. The Bertz CT molecular complexity index is 996. The van der Waals surface area contributed by atoms with Crippen molar-refractivity contribution in [1.82, 2.24) is 0 Å². The minimum Gasteiger partial charge on any atom is -0.507 e. The maximum Gasteiger partial charge on any atom is 0.414 e. The molecule has 18 heteroatoms. The van der Waals surface area contributed by atoms with E-state index < -0.39 is 87.5 Å². The van der Waals surface area contributed by atoms with Gasteiger partial charge in [0.05, 0.1) is 5.56 Å². The monoisotopic (exact) mass is 518 g/mol. The molecule has 1 saturated carbocycles. The first-order valence-electron chi connectivity index (χ1n) is 7.53. The first kappa shape index (κ1) is 26.6. The van der Waals surface area contributed by atoms with Crippen molar-refractivity contribution < 1.29 is 80.1 Å². The predicted octanol–water partition coefficient (Wildman–Crippen LogP) is 5.95. The summed E-state index contributed by atoms with van der Waals surface area (Å²) in [6, 6.07) is 0. The van der Waals surface area contributed by atoms with Crippen molar-refractivity contribution in [2.45, 2.75) is 29.9 Å². The summed E-state index contributed by atoms with van der Waals surface area (Å²) in [7, 11) is 0. The van der Waals surface area contributed by atoms with Gasteiger partial charge in [0.15, 0.2) is 29.1 Å². The molecular weight excluding hydrogens is 516 g/mol. The molecule has 1 fully saturated rings. The van der Waals surface area contributed by atoms with Gasteiger partial charge >= 0.3 is 29.9 Å². The van der Waals surface area contributed by atoms with E-state index in [-0.39, 0.29) is 0 Å². The average molecular weight is 518 g/mol. The number of benzene rings is 1. The molecule has 0 unspecified atom stereocenters. The smallest absolute Gasteiger partial charge is 0.414 e. The fourth-order valence-electron chi connectivity index (χ4n) is 3.00. The highest BCUT2D eigenvalue weighted by Crippen LogP contribution is 2.75. The number of ketones is 1. The van der Waals surface area contributed by atoms with E-state index in [1.54, 1.807) is 0 Å². The van der Waals surface area contributed by atoms with Crippen LogP contribution < -0.4 is 0 Å². The Hall–Kier alpha value is -2.69. The highest BCUT2D eigenvalue weighted by atomic mass is 19.4. The number of halogens is 16. The molecule has 1 aromatic carbocycles. The van der Waals surface area contributed by atoms with Crippen molar-refractivity contribution in [1.29, 1.82) is 0 Å². The molecule has 1 aliphatic rings. The summed E-state index contributed by atoms with van der Waals surface area (Å²) in [6.45, 7) is 0. The average Bonchev–Trinajstić information content (AvgIpc) is 2.69. The van der Waals surface area contributed by atoms with Gasteiger partial charge in [0, 0.05) is 6.08 Å². The summed E-state index contributed by atoms with van der Waals surface area (Å²) >= 11 is 0. The molecule has 33 heavy (non-hydrogen) atoms. The number of carbonyl (C=O) groups excluding carboxylic acids is 1. The molecule has 186 valence electrons. The molecule has 0 amide bonds. The molecule has 0 saturated heterocycles. The van der Waals surface area contributed by atoms with E-state index >= 15 is 0 Å². The van der Waals surface area contributed by atoms with E-state index in [9.17, 15) is 80.1 Å². The van der Waals surface area contributed by atoms with Gasteiger partial charge in [-0.25, -0.2) is 22.0 Å². The predicted molar refractivity (Wildman–Crippen MR) is 70.1 cm³/mol. The van der Waals surface area contributed by atoms with E-state index in [2.05, 4.69) is 0 Å². The number of allylic oxidation sites excluding steroid dienone is 1. The zero-order valence-electron chi connectivity index (χ0n) is 14.5. The van der Waals surface area contributed by atoms with Gasteiger partial charge in [-0.3, -0.25) is 4.79 Å². The summed E-state index contributed by atoms with van der Waals surface area (Å²) in [5.41, 5.74) is -10.1. The first-order chi connectivity index (χ1) is 14.5. The van der Waals surface area contributed by atoms with Crippen molar-refractivity contribution in [3.8, 4) is 0 Å². The topological polar surface area (TPSA) is 37.3 Å². The quantitative estimate of drug-likeness (QED) is 0.177. The van der Waals surface area contributed by atoms with Gasteiger partial charge in [0.2, 0.25) is 5.82 Å². The first-order valence-corrected chi connectivity index (χ1v) is 7.53. The van der Waals surface area contributed by atoms with E-state index in [1.807, 2.05) is 0 Å². The minimum atomic E-state index is -7.67. The molecule has 1 N–H and O–H groups in total. The van der Waals surface area contributed by atoms with Crippen molar-refractivity contribution in [2.75, 3.05) is 0 Å². The standard InChI is InChI=1S/C15H2F16O2/c16-5-4(6(17)8(19)9(20)7(5)18)2(32)1-3(33)10(15(29,30)31)11(21,22)13(25,26)14(27,28)12(10,23)24/h1,32H/b2-1-. The molecule has 2 rings (SSSR count). The van der Waals surface area contributed by atoms with E-state index in [1.165, 1.54) is 0 Å². The zero-order valence-corrected chi connectivity index (χ0v) is 14.5. The normalized spacial score (nSPS) is 23.0. The largest absolute Gasteiger partial charge is 0.507 e. The van der Waals surface area contributed by atoms with Crippen LogP contribution in [0.4, 0.5) is 70.2 Å². The minimum absolute atomic E-state index is 1.72. The van der Waals surface area contributed by atoms with Gasteiger partial charge in [-0.05, 0) is 0 Å². The Labute approximate surface area is 169 Å². The zero-order chi connectivity index (χ0) is 26.3. The SMILES string of the molecule is O=C(/C=C(\O)c1c(F)c(F)c(F)c(F)c1F)C1(C(F)(F)F)C(F)(F)C(F)(F)C(F)(F)C1(F)F. The molecule has 0 aliphatic heterocycles. The molecule has 0 spiro atoms. The maximum absolute atomic E-state index is 13.9. The van der Waals surface area contributed by atoms with Gasteiger partial charge in [-0.15, -0.1) is 0 Å². The molecule has 0 atom stereocenters. The Morgan fingerprint density at radius 1 is 0.636 bits per heavy atom. The summed E-state index contributed by atoms with van der Waals surface area (Å²) in [5, 5.41) is 9.31. The fraction of sp³-hybridized carbons (Fsp3) is 0.400. The molecule has 2 nitrogen and oxygen atoms in total. The van der Waals surface area contributed by atoms with Crippen LogP contribution in [-0.4, -0.2) is 40.8 Å². The van der Waals surface area contributed by atoms with Gasteiger partial charge in [0.25, 0.3) is 5.41 Å². The van der Waals surface area contributed by atoms with Crippen LogP contribution in [0.1, 0.15) is 5.56 Å². The Balaban J connectivity index is 2.94. The number of hydrogen-bond donors (Lipinski definition) is 1. The van der Waals surface area contributed by atoms with Crippen LogP contribution in [0.25, 0.3) is 5.76 Å². The van der Waals surface area contributed by atoms with E-state index in [4.69, 9.17) is 0 Å². The van der Waals surface area contributed by atoms with Crippen molar-refractivity contribution >= 4 is 11.5 Å².